The van der Waals surface area contributed by atoms with Gasteiger partial charge in [0.2, 0.25) is 0 Å². The third-order valence-corrected chi connectivity index (χ3v) is 2.56. The highest BCUT2D eigenvalue weighted by Crippen LogP contribution is 2.35. The first-order valence-electron chi connectivity index (χ1n) is 4.32. The number of fused-ring (bicyclic) bond motifs is 1. The van der Waals surface area contributed by atoms with E-state index in [1.807, 2.05) is 0 Å². The molecule has 2 aromatic rings. The van der Waals surface area contributed by atoms with Gasteiger partial charge in [-0.05, 0) is 6.07 Å². The zero-order chi connectivity index (χ0) is 11.9. The molecular weight excluding hydrogens is 234 g/mol. The minimum Gasteiger partial charge on any atom is -0.306 e. The van der Waals surface area contributed by atoms with Crippen LogP contribution in [0.1, 0.15) is 0 Å². The number of aryl methyl sites for hydroxylation is 1. The Balaban J connectivity index is 2.94. The molecule has 1 heterocycles. The molecule has 0 aliphatic carbocycles. The lowest BCUT2D eigenvalue weighted by atomic mass is 10.2. The smallest absolute Gasteiger partial charge is 0.295 e. The van der Waals surface area contributed by atoms with Crippen molar-refractivity contribution in [1.29, 1.82) is 0 Å². The Labute approximate surface area is 94.9 Å². The van der Waals surface area contributed by atoms with Crippen molar-refractivity contribution in [1.82, 2.24) is 9.78 Å². The van der Waals surface area contributed by atoms with Crippen LogP contribution in [0.15, 0.2) is 12.1 Å². The Morgan fingerprint density at radius 3 is 2.88 bits per heavy atom. The Hall–Kier alpha value is -1.86. The number of nitrogen functional groups attached to an aromatic ring is 1. The molecule has 0 saturated carbocycles. The van der Waals surface area contributed by atoms with Crippen molar-refractivity contribution in [3.8, 4) is 0 Å². The fourth-order valence-corrected chi connectivity index (χ4v) is 1.85. The monoisotopic (exact) mass is 241 g/mol. The summed E-state index contributed by atoms with van der Waals surface area (Å²) in [4.78, 5) is 10.4. The summed E-state index contributed by atoms with van der Waals surface area (Å²) in [6.07, 6.45) is 0. The van der Waals surface area contributed by atoms with Gasteiger partial charge in [-0.2, -0.15) is 5.10 Å². The van der Waals surface area contributed by atoms with E-state index in [9.17, 15) is 10.1 Å². The zero-order valence-electron chi connectivity index (χ0n) is 8.27. The number of hydrazine groups is 1. The first kappa shape index (κ1) is 10.7. The average Bonchev–Trinajstić information content (AvgIpc) is 2.57. The number of nitro benzene ring substituents is 1. The predicted molar refractivity (Wildman–Crippen MR) is 60.2 cm³/mol. The number of nitro groups is 1. The standard InChI is InChI=1S/C8H8ClN5O2/c1-13-7-5(14(15)16)3-2-4(9)6(7)8(11-10)12-13/h2-3H,10H2,1H3,(H,11,12). The molecule has 1 aromatic heterocycles. The Kier molecular flexibility index (Phi) is 2.41. The summed E-state index contributed by atoms with van der Waals surface area (Å²) in [6, 6.07) is 2.79. The number of rotatable bonds is 2. The molecule has 3 N–H and O–H groups in total. The van der Waals surface area contributed by atoms with Crippen molar-refractivity contribution in [3.63, 3.8) is 0 Å². The van der Waals surface area contributed by atoms with E-state index in [4.69, 9.17) is 17.4 Å². The molecule has 1 aromatic carbocycles. The van der Waals surface area contributed by atoms with Gasteiger partial charge >= 0.3 is 0 Å². The fraction of sp³-hybridized carbons (Fsp3) is 0.125. The maximum Gasteiger partial charge on any atom is 0.295 e. The predicted octanol–water partition coefficient (Wildman–Crippen LogP) is 1.42. The normalized spacial score (nSPS) is 10.7. The van der Waals surface area contributed by atoms with Crippen LogP contribution in [0.25, 0.3) is 10.9 Å². The van der Waals surface area contributed by atoms with Crippen LogP contribution in [0, 0.1) is 10.1 Å². The Morgan fingerprint density at radius 2 is 2.31 bits per heavy atom. The van der Waals surface area contributed by atoms with Gasteiger partial charge in [0.15, 0.2) is 5.82 Å². The number of hydrogen-bond donors (Lipinski definition) is 2. The SMILES string of the molecule is Cn1nc(NN)c2c(Cl)ccc([N+](=O)[O-])c21. The lowest BCUT2D eigenvalue weighted by Crippen LogP contribution is -2.07. The van der Waals surface area contributed by atoms with Crippen LogP contribution in [-0.4, -0.2) is 14.7 Å². The molecule has 0 amide bonds. The fourth-order valence-electron chi connectivity index (χ4n) is 1.61. The van der Waals surface area contributed by atoms with Crippen molar-refractivity contribution >= 4 is 34.0 Å². The van der Waals surface area contributed by atoms with Crippen LogP contribution in [-0.2, 0) is 7.05 Å². The second-order valence-corrected chi connectivity index (χ2v) is 3.57. The van der Waals surface area contributed by atoms with Gasteiger partial charge in [0.05, 0.1) is 15.3 Å². The number of nitrogens with two attached hydrogens (primary N) is 1. The summed E-state index contributed by atoms with van der Waals surface area (Å²) in [5.74, 6) is 5.58. The molecule has 0 aliphatic rings. The summed E-state index contributed by atoms with van der Waals surface area (Å²) < 4.78 is 1.37. The Morgan fingerprint density at radius 1 is 1.62 bits per heavy atom. The van der Waals surface area contributed by atoms with Crippen LogP contribution < -0.4 is 11.3 Å². The molecular formula is C8H8ClN5O2. The summed E-state index contributed by atoms with van der Waals surface area (Å²) in [7, 11) is 1.59. The third-order valence-electron chi connectivity index (χ3n) is 2.25. The van der Waals surface area contributed by atoms with Gasteiger partial charge in [-0.3, -0.25) is 14.8 Å². The number of nitrogens with zero attached hydrogens (tertiary/aromatic N) is 3. The van der Waals surface area contributed by atoms with Gasteiger partial charge in [-0.1, -0.05) is 11.6 Å². The molecule has 0 spiro atoms. The summed E-state index contributed by atoms with van der Waals surface area (Å²) in [6.45, 7) is 0. The largest absolute Gasteiger partial charge is 0.306 e. The van der Waals surface area contributed by atoms with Crippen LogP contribution in [0.2, 0.25) is 5.02 Å². The second kappa shape index (κ2) is 3.62. The number of aromatic nitrogens is 2. The lowest BCUT2D eigenvalue weighted by Gasteiger charge is -1.98. The molecule has 8 heteroatoms. The topological polar surface area (TPSA) is 99.0 Å². The van der Waals surface area contributed by atoms with Crippen LogP contribution in [0.5, 0.6) is 0 Å². The first-order valence-corrected chi connectivity index (χ1v) is 4.70. The third kappa shape index (κ3) is 1.37. The average molecular weight is 242 g/mol. The lowest BCUT2D eigenvalue weighted by molar-refractivity contribution is -0.383. The molecule has 0 bridgehead atoms. The molecule has 2 rings (SSSR count). The number of halogens is 1. The highest BCUT2D eigenvalue weighted by atomic mass is 35.5. The van der Waals surface area contributed by atoms with Crippen molar-refractivity contribution in [2.45, 2.75) is 0 Å². The Bertz CT molecular complexity index is 579. The van der Waals surface area contributed by atoms with E-state index in [0.29, 0.717) is 21.7 Å². The molecule has 0 saturated heterocycles. The van der Waals surface area contributed by atoms with Crippen molar-refractivity contribution < 1.29 is 4.92 Å². The van der Waals surface area contributed by atoms with Gasteiger partial charge in [0.25, 0.3) is 5.69 Å². The number of anilines is 1. The van der Waals surface area contributed by atoms with Gasteiger partial charge in [0, 0.05) is 13.1 Å². The number of nitrogens with one attached hydrogen (secondary N) is 1. The van der Waals surface area contributed by atoms with Crippen LogP contribution in [0.3, 0.4) is 0 Å². The molecule has 0 fully saturated rings. The summed E-state index contributed by atoms with van der Waals surface area (Å²) in [5.41, 5.74) is 2.64. The van der Waals surface area contributed by atoms with Gasteiger partial charge in [-0.15, -0.1) is 0 Å². The van der Waals surface area contributed by atoms with Gasteiger partial charge in [-0.25, -0.2) is 5.84 Å². The number of non-ortho nitro benzene ring substituents is 1. The van der Waals surface area contributed by atoms with E-state index < -0.39 is 4.92 Å². The van der Waals surface area contributed by atoms with E-state index in [2.05, 4.69) is 10.5 Å². The van der Waals surface area contributed by atoms with Crippen molar-refractivity contribution in [3.05, 3.63) is 27.3 Å². The van der Waals surface area contributed by atoms with Gasteiger partial charge < -0.3 is 5.43 Å². The minimum absolute atomic E-state index is 0.0594. The molecule has 0 aliphatic heterocycles. The highest BCUT2D eigenvalue weighted by molar-refractivity contribution is 6.36. The van der Waals surface area contributed by atoms with Gasteiger partial charge in [0.1, 0.15) is 5.52 Å². The maximum atomic E-state index is 10.8. The second-order valence-electron chi connectivity index (χ2n) is 3.16. The van der Waals surface area contributed by atoms with E-state index >= 15 is 0 Å². The molecule has 16 heavy (non-hydrogen) atoms. The minimum atomic E-state index is -0.485. The number of hydrogen-bond acceptors (Lipinski definition) is 5. The van der Waals surface area contributed by atoms with E-state index in [1.165, 1.54) is 16.8 Å². The molecule has 0 unspecified atom stereocenters. The first-order chi connectivity index (χ1) is 7.56. The van der Waals surface area contributed by atoms with Crippen molar-refractivity contribution in [2.24, 2.45) is 12.9 Å². The maximum absolute atomic E-state index is 10.8. The van der Waals surface area contributed by atoms with Crippen LogP contribution >= 0.6 is 11.6 Å². The summed E-state index contributed by atoms with van der Waals surface area (Å²) in [5, 5.41) is 15.7. The number of benzene rings is 1. The molecule has 7 nitrogen and oxygen atoms in total. The van der Waals surface area contributed by atoms with Crippen LogP contribution in [0.4, 0.5) is 11.5 Å². The highest BCUT2D eigenvalue weighted by Gasteiger charge is 2.21. The zero-order valence-corrected chi connectivity index (χ0v) is 9.02. The van der Waals surface area contributed by atoms with E-state index in [1.54, 1.807) is 7.05 Å². The molecule has 0 atom stereocenters. The van der Waals surface area contributed by atoms with Crippen molar-refractivity contribution in [2.75, 3.05) is 5.43 Å². The molecule has 84 valence electrons. The summed E-state index contributed by atoms with van der Waals surface area (Å²) >= 11 is 5.96. The van der Waals surface area contributed by atoms with E-state index in [0.717, 1.165) is 0 Å². The van der Waals surface area contributed by atoms with E-state index in [-0.39, 0.29) is 5.69 Å². The molecule has 0 radical (unpaired) electrons. The quantitative estimate of drug-likeness (QED) is 0.471.